The summed E-state index contributed by atoms with van der Waals surface area (Å²) in [6, 6.07) is 7.90. The Labute approximate surface area is 90.9 Å². The lowest BCUT2D eigenvalue weighted by Crippen LogP contribution is -2.26. The van der Waals surface area contributed by atoms with Crippen molar-refractivity contribution in [3.8, 4) is 5.75 Å². The van der Waals surface area contributed by atoms with Crippen LogP contribution < -0.4 is 16.0 Å². The van der Waals surface area contributed by atoms with Crippen molar-refractivity contribution in [3.05, 3.63) is 41.5 Å². The van der Waals surface area contributed by atoms with E-state index in [-0.39, 0.29) is 6.04 Å². The van der Waals surface area contributed by atoms with Crippen LogP contribution in [0.2, 0.25) is 0 Å². The Kier molecular flexibility index (Phi) is 4.34. The summed E-state index contributed by atoms with van der Waals surface area (Å²) >= 11 is 0. The Morgan fingerprint density at radius 3 is 2.73 bits per heavy atom. The van der Waals surface area contributed by atoms with Gasteiger partial charge in [-0.15, -0.1) is 0 Å². The molecule has 0 heterocycles. The van der Waals surface area contributed by atoms with Crippen LogP contribution in [-0.2, 0) is 0 Å². The SMILES string of the molecule is COc1cccc(C(C=C(C)C)NN)c1. The first-order chi connectivity index (χ1) is 7.17. The summed E-state index contributed by atoms with van der Waals surface area (Å²) in [5.41, 5.74) is 5.09. The van der Waals surface area contributed by atoms with Crippen LogP contribution in [0.4, 0.5) is 0 Å². The number of benzene rings is 1. The quantitative estimate of drug-likeness (QED) is 0.451. The molecule has 0 saturated carbocycles. The fraction of sp³-hybridized carbons (Fsp3) is 0.333. The van der Waals surface area contributed by atoms with Gasteiger partial charge in [-0.3, -0.25) is 5.84 Å². The molecule has 0 bridgehead atoms. The largest absolute Gasteiger partial charge is 0.497 e. The number of ether oxygens (including phenoxy) is 1. The Morgan fingerprint density at radius 2 is 2.20 bits per heavy atom. The molecule has 0 amide bonds. The van der Waals surface area contributed by atoms with Crippen LogP contribution in [-0.4, -0.2) is 7.11 Å². The highest BCUT2D eigenvalue weighted by Gasteiger charge is 2.06. The first kappa shape index (κ1) is 11.8. The fourth-order valence-corrected chi connectivity index (χ4v) is 1.41. The van der Waals surface area contributed by atoms with Crippen molar-refractivity contribution in [3.63, 3.8) is 0 Å². The average molecular weight is 206 g/mol. The predicted octanol–water partition coefficient (Wildman–Crippen LogP) is 2.17. The molecule has 0 saturated heterocycles. The number of hydrogen-bond acceptors (Lipinski definition) is 3. The Balaban J connectivity index is 2.96. The van der Waals surface area contributed by atoms with E-state index in [2.05, 4.69) is 11.5 Å². The summed E-state index contributed by atoms with van der Waals surface area (Å²) < 4.78 is 5.17. The third-order valence-corrected chi connectivity index (χ3v) is 2.13. The van der Waals surface area contributed by atoms with E-state index in [0.29, 0.717) is 0 Å². The van der Waals surface area contributed by atoms with E-state index in [1.807, 2.05) is 38.1 Å². The van der Waals surface area contributed by atoms with E-state index in [1.165, 1.54) is 5.57 Å². The molecular formula is C12H18N2O. The molecule has 0 fully saturated rings. The molecule has 1 aromatic carbocycles. The van der Waals surface area contributed by atoms with Gasteiger partial charge in [-0.05, 0) is 31.5 Å². The van der Waals surface area contributed by atoms with Crippen LogP contribution in [0.3, 0.4) is 0 Å². The molecule has 1 rings (SSSR count). The lowest BCUT2D eigenvalue weighted by atomic mass is 10.1. The molecule has 3 N–H and O–H groups in total. The van der Waals surface area contributed by atoms with E-state index in [9.17, 15) is 0 Å². The number of rotatable bonds is 4. The molecule has 0 aliphatic heterocycles. The first-order valence-electron chi connectivity index (χ1n) is 4.92. The van der Waals surface area contributed by atoms with Crippen molar-refractivity contribution < 1.29 is 4.74 Å². The summed E-state index contributed by atoms with van der Waals surface area (Å²) in [6.45, 7) is 4.09. The van der Waals surface area contributed by atoms with Crippen molar-refractivity contribution in [1.29, 1.82) is 0 Å². The number of nitrogens with two attached hydrogens (primary N) is 1. The van der Waals surface area contributed by atoms with Crippen molar-refractivity contribution >= 4 is 0 Å². The molecule has 0 spiro atoms. The minimum Gasteiger partial charge on any atom is -0.497 e. The smallest absolute Gasteiger partial charge is 0.119 e. The summed E-state index contributed by atoms with van der Waals surface area (Å²) in [7, 11) is 1.66. The van der Waals surface area contributed by atoms with Gasteiger partial charge >= 0.3 is 0 Å². The van der Waals surface area contributed by atoms with Crippen LogP contribution in [0.15, 0.2) is 35.9 Å². The molecule has 1 atom stereocenters. The number of hydrogen-bond donors (Lipinski definition) is 2. The maximum atomic E-state index is 5.51. The van der Waals surface area contributed by atoms with Gasteiger partial charge in [-0.2, -0.15) is 0 Å². The van der Waals surface area contributed by atoms with Gasteiger partial charge in [0.1, 0.15) is 5.75 Å². The number of allylic oxidation sites excluding steroid dienone is 1. The van der Waals surface area contributed by atoms with E-state index < -0.39 is 0 Å². The van der Waals surface area contributed by atoms with Crippen molar-refractivity contribution in [2.75, 3.05) is 7.11 Å². The van der Waals surface area contributed by atoms with E-state index >= 15 is 0 Å². The Bertz CT molecular complexity index is 343. The zero-order chi connectivity index (χ0) is 11.3. The van der Waals surface area contributed by atoms with Crippen molar-refractivity contribution in [1.82, 2.24) is 5.43 Å². The number of nitrogens with one attached hydrogen (secondary N) is 1. The number of methoxy groups -OCH3 is 1. The highest BCUT2D eigenvalue weighted by molar-refractivity contribution is 5.32. The molecule has 0 radical (unpaired) electrons. The van der Waals surface area contributed by atoms with Gasteiger partial charge in [-0.1, -0.05) is 23.8 Å². The van der Waals surface area contributed by atoms with Crippen LogP contribution in [0.5, 0.6) is 5.75 Å². The van der Waals surface area contributed by atoms with Crippen molar-refractivity contribution in [2.45, 2.75) is 19.9 Å². The highest BCUT2D eigenvalue weighted by Crippen LogP contribution is 2.20. The fourth-order valence-electron chi connectivity index (χ4n) is 1.41. The molecule has 1 unspecified atom stereocenters. The summed E-state index contributed by atoms with van der Waals surface area (Å²) in [5.74, 6) is 6.35. The van der Waals surface area contributed by atoms with E-state index in [0.717, 1.165) is 11.3 Å². The van der Waals surface area contributed by atoms with Crippen molar-refractivity contribution in [2.24, 2.45) is 5.84 Å². The van der Waals surface area contributed by atoms with E-state index in [1.54, 1.807) is 7.11 Å². The molecule has 3 heteroatoms. The van der Waals surface area contributed by atoms with Gasteiger partial charge in [0.25, 0.3) is 0 Å². The van der Waals surface area contributed by atoms with Crippen LogP contribution in [0.1, 0.15) is 25.5 Å². The molecule has 0 aliphatic rings. The summed E-state index contributed by atoms with van der Waals surface area (Å²) in [5, 5.41) is 0. The predicted molar refractivity (Wildman–Crippen MR) is 62.5 cm³/mol. The van der Waals surface area contributed by atoms with Gasteiger partial charge in [0.05, 0.1) is 13.2 Å². The van der Waals surface area contributed by atoms with Gasteiger partial charge in [-0.25, -0.2) is 5.43 Å². The molecule has 3 nitrogen and oxygen atoms in total. The normalized spacial score (nSPS) is 12.0. The summed E-state index contributed by atoms with van der Waals surface area (Å²) in [6.07, 6.45) is 2.08. The van der Waals surface area contributed by atoms with Crippen LogP contribution >= 0.6 is 0 Å². The second-order valence-corrected chi connectivity index (χ2v) is 3.66. The van der Waals surface area contributed by atoms with Crippen LogP contribution in [0, 0.1) is 0 Å². The third-order valence-electron chi connectivity index (χ3n) is 2.13. The molecule has 82 valence electrons. The molecule has 15 heavy (non-hydrogen) atoms. The second kappa shape index (κ2) is 5.53. The van der Waals surface area contributed by atoms with Gasteiger partial charge in [0, 0.05) is 0 Å². The zero-order valence-corrected chi connectivity index (χ0v) is 9.45. The van der Waals surface area contributed by atoms with Gasteiger partial charge in [0.2, 0.25) is 0 Å². The van der Waals surface area contributed by atoms with Gasteiger partial charge in [0.15, 0.2) is 0 Å². The lowest BCUT2D eigenvalue weighted by Gasteiger charge is -2.13. The average Bonchev–Trinajstić information content (AvgIpc) is 2.25. The summed E-state index contributed by atoms with van der Waals surface area (Å²) in [4.78, 5) is 0. The highest BCUT2D eigenvalue weighted by atomic mass is 16.5. The molecule has 1 aromatic rings. The topological polar surface area (TPSA) is 47.3 Å². The minimum atomic E-state index is 0.0325. The maximum absolute atomic E-state index is 5.51. The second-order valence-electron chi connectivity index (χ2n) is 3.66. The first-order valence-corrected chi connectivity index (χ1v) is 4.92. The minimum absolute atomic E-state index is 0.0325. The standard InChI is InChI=1S/C12H18N2O/c1-9(2)7-12(14-13)10-5-4-6-11(8-10)15-3/h4-8,12,14H,13H2,1-3H3. The number of hydrazine groups is 1. The molecule has 0 aliphatic carbocycles. The molecular weight excluding hydrogens is 188 g/mol. The van der Waals surface area contributed by atoms with Gasteiger partial charge < -0.3 is 4.74 Å². The molecule has 0 aromatic heterocycles. The monoisotopic (exact) mass is 206 g/mol. The Morgan fingerprint density at radius 1 is 1.47 bits per heavy atom. The zero-order valence-electron chi connectivity index (χ0n) is 9.45. The Hall–Kier alpha value is -1.32. The lowest BCUT2D eigenvalue weighted by molar-refractivity contribution is 0.413. The third kappa shape index (κ3) is 3.38. The van der Waals surface area contributed by atoms with Crippen LogP contribution in [0.25, 0.3) is 0 Å². The van der Waals surface area contributed by atoms with E-state index in [4.69, 9.17) is 10.6 Å². The maximum Gasteiger partial charge on any atom is 0.119 e.